The minimum Gasteiger partial charge on any atom is -0.496 e. The van der Waals surface area contributed by atoms with Gasteiger partial charge >= 0.3 is 0 Å². The van der Waals surface area contributed by atoms with Gasteiger partial charge in [0.1, 0.15) is 24.0 Å². The van der Waals surface area contributed by atoms with Crippen molar-refractivity contribution in [2.45, 2.75) is 20.0 Å². The summed E-state index contributed by atoms with van der Waals surface area (Å²) in [5.41, 5.74) is 3.96. The summed E-state index contributed by atoms with van der Waals surface area (Å²) < 4.78 is 34.1. The van der Waals surface area contributed by atoms with Crippen molar-refractivity contribution in [3.63, 3.8) is 0 Å². The fourth-order valence-electron chi connectivity index (χ4n) is 4.79. The number of para-hydroxylation sites is 1. The van der Waals surface area contributed by atoms with E-state index < -0.39 is 0 Å². The fraction of sp³-hybridized carbons (Fsp3) is 0.276. The van der Waals surface area contributed by atoms with Gasteiger partial charge in [0.05, 0.1) is 39.6 Å². The number of carbonyl (C=O) groups is 1. The first-order chi connectivity index (χ1) is 18.0. The van der Waals surface area contributed by atoms with Gasteiger partial charge in [-0.25, -0.2) is 0 Å². The molecule has 0 atom stereocenters. The van der Waals surface area contributed by atoms with E-state index in [0.29, 0.717) is 53.9 Å². The molecule has 8 nitrogen and oxygen atoms in total. The summed E-state index contributed by atoms with van der Waals surface area (Å²) in [6, 6.07) is 13.4. The topological polar surface area (TPSA) is 75.7 Å². The van der Waals surface area contributed by atoms with Crippen LogP contribution >= 0.6 is 0 Å². The Morgan fingerprint density at radius 1 is 0.946 bits per heavy atom. The van der Waals surface area contributed by atoms with Crippen molar-refractivity contribution in [1.29, 1.82) is 0 Å². The first-order valence-electron chi connectivity index (χ1n) is 11.8. The molecule has 0 fully saturated rings. The number of allylic oxidation sites excluding steroid dienone is 1. The quantitative estimate of drug-likeness (QED) is 0.417. The van der Waals surface area contributed by atoms with E-state index in [-0.39, 0.29) is 11.5 Å². The summed E-state index contributed by atoms with van der Waals surface area (Å²) in [6.07, 6.45) is 1.69. The molecule has 0 N–H and O–H groups in total. The molecule has 2 heterocycles. The highest BCUT2D eigenvalue weighted by molar-refractivity contribution is 6.16. The van der Waals surface area contributed by atoms with Gasteiger partial charge in [-0.15, -0.1) is 0 Å². The number of Topliss-reactive ketones (excluding diaryl/α,β-unsaturated/α-hetero) is 1. The molecular weight excluding hydrogens is 474 g/mol. The summed E-state index contributed by atoms with van der Waals surface area (Å²) in [5, 5.41) is 0. The Morgan fingerprint density at radius 3 is 2.32 bits per heavy atom. The largest absolute Gasteiger partial charge is 0.496 e. The van der Waals surface area contributed by atoms with Crippen LogP contribution in [0.15, 0.2) is 48.2 Å². The van der Waals surface area contributed by atoms with E-state index in [9.17, 15) is 4.79 Å². The lowest BCUT2D eigenvalue weighted by Gasteiger charge is -2.30. The van der Waals surface area contributed by atoms with E-state index in [1.54, 1.807) is 46.6 Å². The molecule has 0 saturated heterocycles. The van der Waals surface area contributed by atoms with Gasteiger partial charge in [0.2, 0.25) is 11.5 Å². The maximum atomic E-state index is 13.4. The van der Waals surface area contributed by atoms with Crippen LogP contribution in [0.25, 0.3) is 6.08 Å². The summed E-state index contributed by atoms with van der Waals surface area (Å²) in [7, 11) is 6.31. The van der Waals surface area contributed by atoms with E-state index in [1.165, 1.54) is 0 Å². The zero-order valence-electron chi connectivity index (χ0n) is 21.5. The Kier molecular flexibility index (Phi) is 6.67. The third kappa shape index (κ3) is 4.44. The molecule has 0 radical (unpaired) electrons. The van der Waals surface area contributed by atoms with E-state index in [1.807, 2.05) is 37.3 Å². The van der Waals surface area contributed by atoms with Crippen LogP contribution < -0.4 is 28.4 Å². The summed E-state index contributed by atoms with van der Waals surface area (Å²) >= 11 is 0. The lowest BCUT2D eigenvalue weighted by atomic mass is 9.98. The predicted molar refractivity (Wildman–Crippen MR) is 138 cm³/mol. The zero-order chi connectivity index (χ0) is 26.1. The molecule has 0 amide bonds. The van der Waals surface area contributed by atoms with Gasteiger partial charge in [-0.1, -0.05) is 18.2 Å². The van der Waals surface area contributed by atoms with Crippen molar-refractivity contribution >= 4 is 11.9 Å². The highest BCUT2D eigenvalue weighted by Gasteiger charge is 2.35. The smallest absolute Gasteiger partial charge is 0.232 e. The zero-order valence-corrected chi connectivity index (χ0v) is 21.5. The maximum absolute atomic E-state index is 13.4. The molecule has 5 rings (SSSR count). The molecule has 3 aromatic carbocycles. The number of hydrogen-bond donors (Lipinski definition) is 0. The maximum Gasteiger partial charge on any atom is 0.232 e. The molecular formula is C29H29NO7. The summed E-state index contributed by atoms with van der Waals surface area (Å²) in [4.78, 5) is 15.6. The molecule has 0 aliphatic carbocycles. The second-order valence-corrected chi connectivity index (χ2v) is 8.85. The molecule has 0 saturated carbocycles. The van der Waals surface area contributed by atoms with Crippen LogP contribution in [0, 0.1) is 6.92 Å². The van der Waals surface area contributed by atoms with E-state index in [4.69, 9.17) is 28.4 Å². The molecule has 0 spiro atoms. The second-order valence-electron chi connectivity index (χ2n) is 8.85. The minimum absolute atomic E-state index is 0.175. The Balaban J connectivity index is 1.47. The molecule has 0 bridgehead atoms. The monoisotopic (exact) mass is 503 g/mol. The lowest BCUT2D eigenvalue weighted by molar-refractivity contribution is 0.0864. The number of hydrogen-bond acceptors (Lipinski definition) is 8. The number of carbonyl (C=O) groups excluding carboxylic acids is 1. The summed E-state index contributed by atoms with van der Waals surface area (Å²) in [5.74, 6) is 3.61. The molecule has 0 unspecified atom stereocenters. The molecule has 0 aromatic heterocycles. The molecule has 8 heteroatoms. The lowest BCUT2D eigenvalue weighted by Crippen LogP contribution is -2.32. The van der Waals surface area contributed by atoms with Crippen molar-refractivity contribution in [1.82, 2.24) is 4.90 Å². The number of aryl methyl sites for hydroxylation is 1. The number of ether oxygens (including phenoxy) is 6. The standard InChI is InChI=1S/C29H29NO7/c1-17-10-22-20(15-30(16-36-22)14-19-8-6-7-9-21(19)32-2)28-26(17)27(31)23(37-28)11-18-12-24(33-3)29(35-5)25(13-18)34-4/h6-13H,14-16H2,1-5H3/b23-11-. The third-order valence-corrected chi connectivity index (χ3v) is 6.56. The highest BCUT2D eigenvalue weighted by Crippen LogP contribution is 2.45. The van der Waals surface area contributed by atoms with Gasteiger partial charge < -0.3 is 28.4 Å². The molecule has 192 valence electrons. The Labute approximate surface area is 215 Å². The number of ketones is 1. The van der Waals surface area contributed by atoms with Crippen LogP contribution in [0.5, 0.6) is 34.5 Å². The predicted octanol–water partition coefficient (Wildman–Crippen LogP) is 5.00. The van der Waals surface area contributed by atoms with Crippen LogP contribution in [0.1, 0.15) is 32.6 Å². The molecule has 3 aromatic rings. The van der Waals surface area contributed by atoms with Crippen molar-refractivity contribution in [3.05, 3.63) is 76.0 Å². The molecule has 37 heavy (non-hydrogen) atoms. The fourth-order valence-corrected chi connectivity index (χ4v) is 4.79. The van der Waals surface area contributed by atoms with Gasteiger partial charge in [-0.3, -0.25) is 9.69 Å². The van der Waals surface area contributed by atoms with Gasteiger partial charge in [0.15, 0.2) is 17.3 Å². The van der Waals surface area contributed by atoms with Crippen molar-refractivity contribution in [3.8, 4) is 34.5 Å². The van der Waals surface area contributed by atoms with Crippen molar-refractivity contribution < 1.29 is 33.2 Å². The van der Waals surface area contributed by atoms with Crippen molar-refractivity contribution in [2.75, 3.05) is 35.2 Å². The van der Waals surface area contributed by atoms with Crippen LogP contribution in [-0.4, -0.2) is 45.9 Å². The Bertz CT molecular complexity index is 1370. The number of benzene rings is 3. The third-order valence-electron chi connectivity index (χ3n) is 6.56. The number of methoxy groups -OCH3 is 4. The van der Waals surface area contributed by atoms with E-state index in [2.05, 4.69) is 4.90 Å². The number of rotatable bonds is 7. The van der Waals surface area contributed by atoms with Crippen LogP contribution in [0.3, 0.4) is 0 Å². The van der Waals surface area contributed by atoms with E-state index in [0.717, 1.165) is 28.2 Å². The average Bonchev–Trinajstić information content (AvgIpc) is 3.25. The molecule has 2 aliphatic rings. The van der Waals surface area contributed by atoms with E-state index >= 15 is 0 Å². The highest BCUT2D eigenvalue weighted by atomic mass is 16.5. The number of fused-ring (bicyclic) bond motifs is 3. The number of nitrogens with zero attached hydrogens (tertiary/aromatic N) is 1. The first-order valence-corrected chi connectivity index (χ1v) is 11.8. The van der Waals surface area contributed by atoms with Gasteiger partial charge in [-0.05, 0) is 48.4 Å². The van der Waals surface area contributed by atoms with Crippen LogP contribution in [0.2, 0.25) is 0 Å². The molecule has 2 aliphatic heterocycles. The summed E-state index contributed by atoms with van der Waals surface area (Å²) in [6.45, 7) is 3.52. The Morgan fingerprint density at radius 2 is 1.65 bits per heavy atom. The first kappa shape index (κ1) is 24.5. The normalized spacial score (nSPS) is 15.5. The van der Waals surface area contributed by atoms with Crippen molar-refractivity contribution in [2.24, 2.45) is 0 Å². The van der Waals surface area contributed by atoms with Crippen LogP contribution in [0.4, 0.5) is 0 Å². The van der Waals surface area contributed by atoms with Gasteiger partial charge in [0.25, 0.3) is 0 Å². The van der Waals surface area contributed by atoms with Gasteiger partial charge in [-0.2, -0.15) is 0 Å². The second kappa shape index (κ2) is 10.1. The SMILES string of the molecule is COc1ccccc1CN1COc2cc(C)c3c(c2C1)O/C(=C\c1cc(OC)c(OC)c(OC)c1)C3=O. The minimum atomic E-state index is -0.175. The van der Waals surface area contributed by atoms with Crippen LogP contribution in [-0.2, 0) is 13.1 Å². The van der Waals surface area contributed by atoms with Gasteiger partial charge in [0, 0.05) is 18.7 Å². The Hall–Kier alpha value is -4.17. The average molecular weight is 504 g/mol.